The molecule has 10 heteroatoms. The average molecular weight is 531 g/mol. The number of benzene rings is 2. The molecule has 194 valence electrons. The number of carbonyl (C=O) groups excluding carboxylic acids is 1. The zero-order valence-corrected chi connectivity index (χ0v) is 21.5. The first-order valence-corrected chi connectivity index (χ1v) is 12.6. The zero-order valence-electron chi connectivity index (χ0n) is 20.8. The summed E-state index contributed by atoms with van der Waals surface area (Å²) >= 11 is 6.49. The molecule has 1 unspecified atom stereocenters. The van der Waals surface area contributed by atoms with Crippen LogP contribution in [0, 0.1) is 0 Å². The normalized spacial score (nSPS) is 15.1. The number of carbonyl (C=O) groups is 1. The Bertz CT molecular complexity index is 1460. The lowest BCUT2D eigenvalue weighted by Gasteiger charge is -2.14. The van der Waals surface area contributed by atoms with Crippen molar-refractivity contribution in [3.05, 3.63) is 83.9 Å². The third-order valence-corrected chi connectivity index (χ3v) is 6.38. The van der Waals surface area contributed by atoms with Gasteiger partial charge in [-0.2, -0.15) is 0 Å². The second kappa shape index (κ2) is 11.9. The lowest BCUT2D eigenvalue weighted by Crippen LogP contribution is -2.19. The van der Waals surface area contributed by atoms with Crippen molar-refractivity contribution in [3.8, 4) is 11.5 Å². The van der Waals surface area contributed by atoms with Gasteiger partial charge in [0.1, 0.15) is 30.3 Å². The monoisotopic (exact) mass is 530 g/mol. The average Bonchev–Trinajstić information content (AvgIpc) is 3.46. The molecule has 1 aliphatic heterocycles. The Morgan fingerprint density at radius 3 is 2.84 bits per heavy atom. The summed E-state index contributed by atoms with van der Waals surface area (Å²) in [7, 11) is 1.55. The summed E-state index contributed by atoms with van der Waals surface area (Å²) in [6.07, 6.45) is 8.75. The molecule has 1 amide bonds. The highest BCUT2D eigenvalue weighted by atomic mass is 35.5. The summed E-state index contributed by atoms with van der Waals surface area (Å²) in [5.74, 6) is 1.36. The van der Waals surface area contributed by atoms with Crippen LogP contribution in [-0.2, 0) is 11.4 Å². The first kappa shape index (κ1) is 25.4. The maximum atomic E-state index is 12.6. The molecule has 0 bridgehead atoms. The van der Waals surface area contributed by atoms with Crippen LogP contribution in [-0.4, -0.2) is 40.6 Å². The minimum absolute atomic E-state index is 0.224. The van der Waals surface area contributed by atoms with Crippen LogP contribution in [0.15, 0.2) is 73.2 Å². The third kappa shape index (κ3) is 6.19. The molecular weight excluding hydrogens is 504 g/mol. The summed E-state index contributed by atoms with van der Waals surface area (Å²) in [6.45, 7) is 1.28. The van der Waals surface area contributed by atoms with Crippen LogP contribution in [0.1, 0.15) is 18.5 Å². The molecule has 1 fully saturated rings. The minimum atomic E-state index is -0.240. The quantitative estimate of drug-likeness (QED) is 0.251. The van der Waals surface area contributed by atoms with Gasteiger partial charge in [-0.3, -0.25) is 9.78 Å². The van der Waals surface area contributed by atoms with Crippen LogP contribution in [0.5, 0.6) is 11.5 Å². The van der Waals surface area contributed by atoms with E-state index < -0.39 is 0 Å². The molecule has 2 aromatic carbocycles. The molecule has 0 radical (unpaired) electrons. The largest absolute Gasteiger partial charge is 0.494 e. The third-order valence-electron chi connectivity index (χ3n) is 6.09. The molecular formula is C28H27ClN6O3. The first-order valence-electron chi connectivity index (χ1n) is 12.2. The molecule has 1 saturated heterocycles. The number of hydrogen-bond donors (Lipinski definition) is 3. The van der Waals surface area contributed by atoms with E-state index in [9.17, 15) is 4.79 Å². The van der Waals surface area contributed by atoms with Crippen molar-refractivity contribution in [1.82, 2.24) is 20.3 Å². The van der Waals surface area contributed by atoms with E-state index in [0.29, 0.717) is 51.2 Å². The van der Waals surface area contributed by atoms with Gasteiger partial charge < -0.3 is 25.4 Å². The SMILES string of the molecule is COc1cc2ncnc(Nc3ccc(OCc4ccccn4)c(Cl)c3)c2cc1NC(=O)/C=C/C1CCCN1. The summed E-state index contributed by atoms with van der Waals surface area (Å²) in [6, 6.07) is 14.8. The number of anilines is 3. The second-order valence-electron chi connectivity index (χ2n) is 8.72. The standard InChI is InChI=1S/C28H27ClN6O3/c1-37-26-15-23-21(14-24(26)35-27(36)10-8-18-6-4-12-30-18)28(33-17-32-23)34-19-7-9-25(22(29)13-19)38-16-20-5-2-3-11-31-20/h2-3,5,7-11,13-15,17-18,30H,4,6,12,16H2,1H3,(H,35,36)(H,32,33,34)/b10-8+. The summed E-state index contributed by atoms with van der Waals surface area (Å²) in [4.78, 5) is 25.6. The van der Waals surface area contributed by atoms with Gasteiger partial charge in [0.05, 0.1) is 29.0 Å². The predicted molar refractivity (Wildman–Crippen MR) is 148 cm³/mol. The van der Waals surface area contributed by atoms with E-state index in [4.69, 9.17) is 21.1 Å². The fraction of sp³-hybridized carbons (Fsp3) is 0.214. The molecule has 2 aromatic heterocycles. The van der Waals surface area contributed by atoms with Gasteiger partial charge in [0.25, 0.3) is 0 Å². The fourth-order valence-corrected chi connectivity index (χ4v) is 4.41. The van der Waals surface area contributed by atoms with E-state index in [1.54, 1.807) is 43.6 Å². The number of ether oxygens (including phenoxy) is 2. The van der Waals surface area contributed by atoms with Crippen molar-refractivity contribution in [2.24, 2.45) is 0 Å². The number of pyridine rings is 1. The van der Waals surface area contributed by atoms with Gasteiger partial charge in [0.2, 0.25) is 5.91 Å². The van der Waals surface area contributed by atoms with Gasteiger partial charge in [-0.1, -0.05) is 23.7 Å². The Hall–Kier alpha value is -4.21. The van der Waals surface area contributed by atoms with Crippen molar-refractivity contribution in [1.29, 1.82) is 0 Å². The van der Waals surface area contributed by atoms with Crippen molar-refractivity contribution < 1.29 is 14.3 Å². The van der Waals surface area contributed by atoms with E-state index in [-0.39, 0.29) is 11.9 Å². The highest BCUT2D eigenvalue weighted by Crippen LogP contribution is 2.34. The molecule has 5 rings (SSSR count). The second-order valence-corrected chi connectivity index (χ2v) is 9.13. The fourth-order valence-electron chi connectivity index (χ4n) is 4.17. The van der Waals surface area contributed by atoms with Gasteiger partial charge in [0, 0.05) is 35.5 Å². The van der Waals surface area contributed by atoms with Crippen LogP contribution in [0.4, 0.5) is 17.2 Å². The molecule has 1 aliphatic rings. The number of fused-ring (bicyclic) bond motifs is 1. The lowest BCUT2D eigenvalue weighted by atomic mass is 10.1. The maximum Gasteiger partial charge on any atom is 0.248 e. The van der Waals surface area contributed by atoms with Crippen molar-refractivity contribution in [2.75, 3.05) is 24.3 Å². The van der Waals surface area contributed by atoms with E-state index in [2.05, 4.69) is 30.9 Å². The molecule has 4 aromatic rings. The van der Waals surface area contributed by atoms with Crippen LogP contribution in [0.3, 0.4) is 0 Å². The number of nitrogens with zero attached hydrogens (tertiary/aromatic N) is 3. The van der Waals surface area contributed by atoms with Crippen molar-refractivity contribution in [3.63, 3.8) is 0 Å². The van der Waals surface area contributed by atoms with Gasteiger partial charge >= 0.3 is 0 Å². The minimum Gasteiger partial charge on any atom is -0.494 e. The summed E-state index contributed by atoms with van der Waals surface area (Å²) in [5.41, 5.74) is 2.70. The highest BCUT2D eigenvalue weighted by molar-refractivity contribution is 6.32. The van der Waals surface area contributed by atoms with Gasteiger partial charge in [-0.15, -0.1) is 0 Å². The maximum absolute atomic E-state index is 12.6. The number of rotatable bonds is 9. The molecule has 38 heavy (non-hydrogen) atoms. The van der Waals surface area contributed by atoms with Crippen LogP contribution in [0.2, 0.25) is 5.02 Å². The molecule has 0 aliphatic carbocycles. The molecule has 1 atom stereocenters. The first-order chi connectivity index (χ1) is 18.6. The molecule has 3 heterocycles. The smallest absolute Gasteiger partial charge is 0.248 e. The molecule has 0 spiro atoms. The predicted octanol–water partition coefficient (Wildman–Crippen LogP) is 5.26. The van der Waals surface area contributed by atoms with Gasteiger partial charge in [0.15, 0.2) is 0 Å². The van der Waals surface area contributed by atoms with E-state index in [1.165, 1.54) is 6.33 Å². The number of nitrogens with one attached hydrogen (secondary N) is 3. The Morgan fingerprint density at radius 1 is 1.16 bits per heavy atom. The Kier molecular flexibility index (Phi) is 7.96. The molecule has 3 N–H and O–H groups in total. The van der Waals surface area contributed by atoms with Crippen molar-refractivity contribution >= 4 is 45.6 Å². The Labute approximate surface area is 225 Å². The number of amides is 1. The van der Waals surface area contributed by atoms with Crippen LogP contribution in [0.25, 0.3) is 10.9 Å². The van der Waals surface area contributed by atoms with E-state index >= 15 is 0 Å². The Morgan fingerprint density at radius 2 is 2.08 bits per heavy atom. The number of aromatic nitrogens is 3. The zero-order chi connectivity index (χ0) is 26.3. The van der Waals surface area contributed by atoms with Gasteiger partial charge in [-0.25, -0.2) is 9.97 Å². The number of methoxy groups -OCH3 is 1. The molecule has 0 saturated carbocycles. The molecule has 9 nitrogen and oxygen atoms in total. The summed E-state index contributed by atoms with van der Waals surface area (Å²) < 4.78 is 11.3. The van der Waals surface area contributed by atoms with Crippen LogP contribution < -0.4 is 25.4 Å². The number of halogens is 1. The summed E-state index contributed by atoms with van der Waals surface area (Å²) in [5, 5.41) is 10.7. The van der Waals surface area contributed by atoms with E-state index in [0.717, 1.165) is 25.1 Å². The topological polar surface area (TPSA) is 110 Å². The van der Waals surface area contributed by atoms with E-state index in [1.807, 2.05) is 30.3 Å². The highest BCUT2D eigenvalue weighted by Gasteiger charge is 2.14. The lowest BCUT2D eigenvalue weighted by molar-refractivity contribution is -0.111. The Balaban J connectivity index is 1.34. The van der Waals surface area contributed by atoms with Crippen LogP contribution >= 0.6 is 11.6 Å². The number of hydrogen-bond acceptors (Lipinski definition) is 8. The van der Waals surface area contributed by atoms with Gasteiger partial charge in [-0.05, 0) is 55.8 Å². The van der Waals surface area contributed by atoms with Crippen molar-refractivity contribution in [2.45, 2.75) is 25.5 Å².